The molecule has 76 valence electrons. The molecule has 1 unspecified atom stereocenters. The fourth-order valence-electron chi connectivity index (χ4n) is 1.22. The maximum Gasteiger partial charge on any atom is 0.407 e. The highest BCUT2D eigenvalue weighted by atomic mass is 16.6. The van der Waals surface area contributed by atoms with Crippen molar-refractivity contribution < 1.29 is 9.53 Å². The number of hydrogen-bond donors (Lipinski definition) is 2. The zero-order valence-corrected chi connectivity index (χ0v) is 8.52. The van der Waals surface area contributed by atoms with Crippen molar-refractivity contribution in [2.45, 2.75) is 38.8 Å². The van der Waals surface area contributed by atoms with Crippen molar-refractivity contribution in [3.63, 3.8) is 0 Å². The number of rotatable bonds is 1. The molecule has 0 saturated carbocycles. The normalized spacial score (nSPS) is 22.8. The van der Waals surface area contributed by atoms with E-state index < -0.39 is 0 Å². The zero-order chi connectivity index (χ0) is 9.90. The average Bonchev–Trinajstić information content (AvgIpc) is 2.34. The fraction of sp³-hybridized carbons (Fsp3) is 0.889. The van der Waals surface area contributed by atoms with Crippen molar-refractivity contribution >= 4 is 6.09 Å². The number of nitrogens with one attached hydrogen (secondary N) is 2. The lowest BCUT2D eigenvalue weighted by Gasteiger charge is -2.21. The van der Waals surface area contributed by atoms with Crippen LogP contribution in [0, 0.1) is 0 Å². The highest BCUT2D eigenvalue weighted by Crippen LogP contribution is 2.05. The molecule has 1 heterocycles. The Hall–Kier alpha value is -0.770. The summed E-state index contributed by atoms with van der Waals surface area (Å²) < 4.78 is 5.17. The van der Waals surface area contributed by atoms with Gasteiger partial charge in [0.05, 0.1) is 0 Å². The zero-order valence-electron chi connectivity index (χ0n) is 8.52. The van der Waals surface area contributed by atoms with Crippen LogP contribution < -0.4 is 10.6 Å². The summed E-state index contributed by atoms with van der Waals surface area (Å²) in [6, 6.07) is 0. The molecule has 0 aliphatic carbocycles. The van der Waals surface area contributed by atoms with Gasteiger partial charge in [-0.2, -0.15) is 0 Å². The summed E-state index contributed by atoms with van der Waals surface area (Å²) in [5, 5.41) is 5.89. The second kappa shape index (κ2) is 3.96. The molecule has 1 fully saturated rings. The van der Waals surface area contributed by atoms with E-state index in [2.05, 4.69) is 10.6 Å². The predicted octanol–water partition coefficient (Wildman–Crippen LogP) is 0.873. The standard InChI is InChI=1S/C9H18N2O2/c1-9(2,3)11-8(12)13-7-4-5-10-6-7/h7,10H,4-6H2,1-3H3,(H,11,12). The molecule has 0 aromatic heterocycles. The summed E-state index contributed by atoms with van der Waals surface area (Å²) in [7, 11) is 0. The highest BCUT2D eigenvalue weighted by Gasteiger charge is 2.21. The molecule has 1 rings (SSSR count). The molecule has 1 saturated heterocycles. The van der Waals surface area contributed by atoms with Crippen molar-refractivity contribution in [1.82, 2.24) is 10.6 Å². The summed E-state index contributed by atoms with van der Waals surface area (Å²) in [4.78, 5) is 11.3. The molecule has 2 N–H and O–H groups in total. The number of hydrogen-bond acceptors (Lipinski definition) is 3. The van der Waals surface area contributed by atoms with Gasteiger partial charge >= 0.3 is 6.09 Å². The number of carbonyl (C=O) groups is 1. The Labute approximate surface area is 79.0 Å². The topological polar surface area (TPSA) is 50.4 Å². The van der Waals surface area contributed by atoms with E-state index in [1.807, 2.05) is 20.8 Å². The van der Waals surface area contributed by atoms with E-state index in [1.54, 1.807) is 0 Å². The van der Waals surface area contributed by atoms with Gasteiger partial charge in [0.15, 0.2) is 0 Å². The molecule has 1 aliphatic rings. The molecular formula is C9H18N2O2. The van der Waals surface area contributed by atoms with Crippen LogP contribution in [0.1, 0.15) is 27.2 Å². The van der Waals surface area contributed by atoms with E-state index in [9.17, 15) is 4.79 Å². The molecule has 1 amide bonds. The summed E-state index contributed by atoms with van der Waals surface area (Å²) in [5.74, 6) is 0. The summed E-state index contributed by atoms with van der Waals surface area (Å²) in [5.41, 5.74) is -0.219. The Bertz CT molecular complexity index is 181. The predicted molar refractivity (Wildman–Crippen MR) is 50.6 cm³/mol. The first kappa shape index (κ1) is 10.3. The highest BCUT2D eigenvalue weighted by molar-refractivity contribution is 5.68. The van der Waals surface area contributed by atoms with Gasteiger partial charge in [-0.1, -0.05) is 0 Å². The van der Waals surface area contributed by atoms with E-state index >= 15 is 0 Å². The average molecular weight is 186 g/mol. The number of amides is 1. The summed E-state index contributed by atoms with van der Waals surface area (Å²) >= 11 is 0. The van der Waals surface area contributed by atoms with Gasteiger partial charge in [-0.15, -0.1) is 0 Å². The van der Waals surface area contributed by atoms with Gasteiger partial charge in [-0.3, -0.25) is 0 Å². The van der Waals surface area contributed by atoms with E-state index in [-0.39, 0.29) is 17.7 Å². The van der Waals surface area contributed by atoms with Crippen LogP contribution in [-0.2, 0) is 4.74 Å². The number of carbonyl (C=O) groups excluding carboxylic acids is 1. The van der Waals surface area contributed by atoms with Crippen LogP contribution in [-0.4, -0.2) is 30.8 Å². The molecule has 0 aromatic carbocycles. The van der Waals surface area contributed by atoms with Crippen molar-refractivity contribution in [2.75, 3.05) is 13.1 Å². The van der Waals surface area contributed by atoms with Gasteiger partial charge in [0, 0.05) is 12.1 Å². The smallest absolute Gasteiger partial charge is 0.407 e. The molecule has 0 radical (unpaired) electrons. The first-order chi connectivity index (χ1) is 5.97. The quantitative estimate of drug-likeness (QED) is 0.639. The Morgan fingerprint density at radius 2 is 2.23 bits per heavy atom. The number of ether oxygens (including phenoxy) is 1. The minimum absolute atomic E-state index is 0.0438. The molecule has 0 spiro atoms. The lowest BCUT2D eigenvalue weighted by atomic mass is 10.1. The molecule has 4 heteroatoms. The monoisotopic (exact) mass is 186 g/mol. The van der Waals surface area contributed by atoms with Crippen LogP contribution in [0.2, 0.25) is 0 Å². The van der Waals surface area contributed by atoms with E-state index in [0.717, 1.165) is 19.5 Å². The SMILES string of the molecule is CC(C)(C)NC(=O)OC1CCNC1. The third kappa shape index (κ3) is 4.12. The molecule has 0 bridgehead atoms. The van der Waals surface area contributed by atoms with Gasteiger partial charge in [-0.05, 0) is 33.7 Å². The maximum atomic E-state index is 11.3. The maximum absolute atomic E-state index is 11.3. The van der Waals surface area contributed by atoms with Gasteiger partial charge in [0.2, 0.25) is 0 Å². The summed E-state index contributed by atoms with van der Waals surface area (Å²) in [6.07, 6.45) is 0.640. The lowest BCUT2D eigenvalue weighted by Crippen LogP contribution is -2.42. The Morgan fingerprint density at radius 1 is 1.54 bits per heavy atom. The molecular weight excluding hydrogens is 168 g/mol. The molecule has 13 heavy (non-hydrogen) atoms. The fourth-order valence-corrected chi connectivity index (χ4v) is 1.22. The molecule has 4 nitrogen and oxygen atoms in total. The largest absolute Gasteiger partial charge is 0.445 e. The van der Waals surface area contributed by atoms with Crippen LogP contribution in [0.4, 0.5) is 4.79 Å². The van der Waals surface area contributed by atoms with Crippen molar-refractivity contribution in [3.8, 4) is 0 Å². The van der Waals surface area contributed by atoms with Gasteiger partial charge in [-0.25, -0.2) is 4.79 Å². The Kier molecular flexibility index (Phi) is 3.14. The van der Waals surface area contributed by atoms with E-state index in [4.69, 9.17) is 4.74 Å². The van der Waals surface area contributed by atoms with Crippen molar-refractivity contribution in [2.24, 2.45) is 0 Å². The van der Waals surface area contributed by atoms with Crippen LogP contribution >= 0.6 is 0 Å². The van der Waals surface area contributed by atoms with Crippen molar-refractivity contribution in [1.29, 1.82) is 0 Å². The molecule has 1 aliphatic heterocycles. The van der Waals surface area contributed by atoms with Crippen LogP contribution in [0.15, 0.2) is 0 Å². The van der Waals surface area contributed by atoms with Crippen molar-refractivity contribution in [3.05, 3.63) is 0 Å². The second-order valence-electron chi connectivity index (χ2n) is 4.40. The second-order valence-corrected chi connectivity index (χ2v) is 4.40. The molecule has 1 atom stereocenters. The van der Waals surface area contributed by atoms with Crippen LogP contribution in [0.3, 0.4) is 0 Å². The molecule has 0 aromatic rings. The minimum Gasteiger partial charge on any atom is -0.445 e. The van der Waals surface area contributed by atoms with Crippen LogP contribution in [0.25, 0.3) is 0 Å². The van der Waals surface area contributed by atoms with Crippen LogP contribution in [0.5, 0.6) is 0 Å². The first-order valence-corrected chi connectivity index (χ1v) is 4.67. The van der Waals surface area contributed by atoms with Gasteiger partial charge < -0.3 is 15.4 Å². The Balaban J connectivity index is 2.24. The third-order valence-corrected chi connectivity index (χ3v) is 1.77. The third-order valence-electron chi connectivity index (χ3n) is 1.77. The first-order valence-electron chi connectivity index (χ1n) is 4.67. The van der Waals surface area contributed by atoms with Gasteiger partial charge in [0.1, 0.15) is 6.10 Å². The number of alkyl carbamates (subject to hydrolysis) is 1. The van der Waals surface area contributed by atoms with E-state index in [1.165, 1.54) is 0 Å². The lowest BCUT2D eigenvalue weighted by molar-refractivity contribution is 0.100. The van der Waals surface area contributed by atoms with E-state index in [0.29, 0.717) is 0 Å². The Morgan fingerprint density at radius 3 is 2.69 bits per heavy atom. The van der Waals surface area contributed by atoms with Gasteiger partial charge in [0.25, 0.3) is 0 Å². The minimum atomic E-state index is -0.318. The summed E-state index contributed by atoms with van der Waals surface area (Å²) in [6.45, 7) is 7.51.